The molecular formula is C27H24. The smallest absolute Gasteiger partial charge is 0.00196 e. The van der Waals surface area contributed by atoms with Crippen molar-refractivity contribution in [2.24, 2.45) is 0 Å². The van der Waals surface area contributed by atoms with Gasteiger partial charge in [-0.1, -0.05) is 84.5 Å². The zero-order chi connectivity index (χ0) is 18.2. The second kappa shape index (κ2) is 6.70. The summed E-state index contributed by atoms with van der Waals surface area (Å²) in [6.07, 6.45) is 11.2. The lowest BCUT2D eigenvalue weighted by atomic mass is 9.94. The summed E-state index contributed by atoms with van der Waals surface area (Å²) in [5.41, 5.74) is 12.9. The summed E-state index contributed by atoms with van der Waals surface area (Å²) in [5, 5.41) is 0. The third-order valence-electron chi connectivity index (χ3n) is 5.87. The Bertz CT molecular complexity index is 1080. The molecule has 0 saturated carbocycles. The average molecular weight is 348 g/mol. The zero-order valence-corrected chi connectivity index (χ0v) is 15.8. The van der Waals surface area contributed by atoms with Crippen LogP contribution in [0, 0.1) is 6.92 Å². The van der Waals surface area contributed by atoms with Crippen molar-refractivity contribution < 1.29 is 0 Å². The van der Waals surface area contributed by atoms with Gasteiger partial charge in [-0.05, 0) is 77.1 Å². The lowest BCUT2D eigenvalue weighted by Crippen LogP contribution is -1.96. The number of hydrogen-bond acceptors (Lipinski definition) is 0. The van der Waals surface area contributed by atoms with Gasteiger partial charge in [0.15, 0.2) is 0 Å². The van der Waals surface area contributed by atoms with Gasteiger partial charge in [-0.3, -0.25) is 0 Å². The molecule has 0 atom stereocenters. The zero-order valence-electron chi connectivity index (χ0n) is 15.8. The molecule has 0 spiro atoms. The minimum absolute atomic E-state index is 1.01. The fourth-order valence-electron chi connectivity index (χ4n) is 4.48. The SMILES string of the molecule is Cc1ccc2c(c1)C(Cc1cccc(Cc3cccc4c3C=CC4)c1)=CC2. The van der Waals surface area contributed by atoms with E-state index in [9.17, 15) is 0 Å². The van der Waals surface area contributed by atoms with Crippen LogP contribution >= 0.6 is 0 Å². The Kier molecular flexibility index (Phi) is 4.05. The third kappa shape index (κ3) is 3.17. The molecule has 0 heterocycles. The van der Waals surface area contributed by atoms with Gasteiger partial charge < -0.3 is 0 Å². The summed E-state index contributed by atoms with van der Waals surface area (Å²) in [5.74, 6) is 0. The maximum absolute atomic E-state index is 2.41. The predicted molar refractivity (Wildman–Crippen MR) is 115 cm³/mol. The first-order valence-corrected chi connectivity index (χ1v) is 9.90. The highest BCUT2D eigenvalue weighted by Crippen LogP contribution is 2.31. The standard InChI is InChI=1S/C27H24/c1-19-11-12-23-13-14-25(27(23)15-19)18-21-6-2-5-20(16-21)17-24-9-3-7-22-8-4-10-26(22)24/h2-7,9-12,14-16H,8,13,17-18H2,1H3. The Balaban J connectivity index is 1.39. The molecule has 0 N–H and O–H groups in total. The van der Waals surface area contributed by atoms with Crippen molar-refractivity contribution in [3.05, 3.63) is 117 Å². The maximum Gasteiger partial charge on any atom is -0.00196 e. The highest BCUT2D eigenvalue weighted by molar-refractivity contribution is 5.75. The molecule has 0 radical (unpaired) electrons. The summed E-state index contributed by atoms with van der Waals surface area (Å²) in [6, 6.07) is 22.7. The highest BCUT2D eigenvalue weighted by atomic mass is 14.2. The molecule has 132 valence electrons. The fraction of sp³-hybridized carbons (Fsp3) is 0.185. The van der Waals surface area contributed by atoms with Crippen molar-refractivity contribution >= 4 is 11.6 Å². The fourth-order valence-corrected chi connectivity index (χ4v) is 4.48. The largest absolute Gasteiger partial charge is 0.0795 e. The molecule has 0 nitrogen and oxygen atoms in total. The first-order valence-electron chi connectivity index (χ1n) is 9.90. The quantitative estimate of drug-likeness (QED) is 0.516. The van der Waals surface area contributed by atoms with Crippen LogP contribution < -0.4 is 0 Å². The number of hydrogen-bond donors (Lipinski definition) is 0. The molecule has 2 aliphatic carbocycles. The monoisotopic (exact) mass is 348 g/mol. The second-order valence-electron chi connectivity index (χ2n) is 7.86. The third-order valence-corrected chi connectivity index (χ3v) is 5.87. The first-order chi connectivity index (χ1) is 13.3. The maximum atomic E-state index is 2.41. The average Bonchev–Trinajstić information content (AvgIpc) is 3.30. The van der Waals surface area contributed by atoms with E-state index in [-0.39, 0.29) is 0 Å². The van der Waals surface area contributed by atoms with Crippen LogP contribution in [-0.4, -0.2) is 0 Å². The lowest BCUT2D eigenvalue weighted by molar-refractivity contribution is 1.15. The summed E-state index contributed by atoms with van der Waals surface area (Å²) in [7, 11) is 0. The number of benzene rings is 3. The molecule has 0 unspecified atom stereocenters. The number of fused-ring (bicyclic) bond motifs is 2. The first kappa shape index (κ1) is 16.3. The summed E-state index contributed by atoms with van der Waals surface area (Å²) < 4.78 is 0. The molecule has 0 aliphatic heterocycles. The number of aryl methyl sites for hydroxylation is 1. The number of allylic oxidation sites excluding steroid dienone is 3. The van der Waals surface area contributed by atoms with Gasteiger partial charge in [0.25, 0.3) is 0 Å². The summed E-state index contributed by atoms with van der Waals surface area (Å²) in [4.78, 5) is 0. The molecule has 0 saturated heterocycles. The van der Waals surface area contributed by atoms with Crippen LogP contribution in [0.1, 0.15) is 44.5 Å². The van der Waals surface area contributed by atoms with Crippen LogP contribution in [0.3, 0.4) is 0 Å². The van der Waals surface area contributed by atoms with Crippen LogP contribution in [0.15, 0.2) is 72.8 Å². The van der Waals surface area contributed by atoms with Crippen molar-refractivity contribution in [2.45, 2.75) is 32.6 Å². The van der Waals surface area contributed by atoms with E-state index >= 15 is 0 Å². The van der Waals surface area contributed by atoms with Crippen molar-refractivity contribution in [1.29, 1.82) is 0 Å². The normalized spacial score (nSPS) is 14.2. The van der Waals surface area contributed by atoms with Gasteiger partial charge in [0.2, 0.25) is 0 Å². The van der Waals surface area contributed by atoms with Crippen LogP contribution in [0.4, 0.5) is 0 Å². The summed E-state index contributed by atoms with van der Waals surface area (Å²) >= 11 is 0. The van der Waals surface area contributed by atoms with Gasteiger partial charge in [-0.2, -0.15) is 0 Å². The van der Waals surface area contributed by atoms with E-state index < -0.39 is 0 Å². The van der Waals surface area contributed by atoms with Crippen LogP contribution in [0.2, 0.25) is 0 Å². The number of rotatable bonds is 4. The topological polar surface area (TPSA) is 0 Å². The minimum atomic E-state index is 1.01. The molecule has 0 bridgehead atoms. The second-order valence-corrected chi connectivity index (χ2v) is 7.86. The van der Waals surface area contributed by atoms with Crippen molar-refractivity contribution in [1.82, 2.24) is 0 Å². The van der Waals surface area contributed by atoms with Crippen LogP contribution in [0.5, 0.6) is 0 Å². The van der Waals surface area contributed by atoms with E-state index in [1.165, 1.54) is 50.1 Å². The Morgan fingerprint density at radius 3 is 2.56 bits per heavy atom. The Morgan fingerprint density at radius 2 is 1.63 bits per heavy atom. The highest BCUT2D eigenvalue weighted by Gasteiger charge is 2.15. The lowest BCUT2D eigenvalue weighted by Gasteiger charge is -2.11. The Hall–Kier alpha value is -2.86. The van der Waals surface area contributed by atoms with E-state index in [2.05, 4.69) is 85.8 Å². The molecule has 27 heavy (non-hydrogen) atoms. The summed E-state index contributed by atoms with van der Waals surface area (Å²) in [6.45, 7) is 2.18. The van der Waals surface area contributed by atoms with Gasteiger partial charge in [0, 0.05) is 0 Å². The molecule has 0 fully saturated rings. The van der Waals surface area contributed by atoms with E-state index in [0.29, 0.717) is 0 Å². The molecule has 3 aromatic rings. The van der Waals surface area contributed by atoms with E-state index in [4.69, 9.17) is 0 Å². The van der Waals surface area contributed by atoms with E-state index in [1.54, 1.807) is 0 Å². The van der Waals surface area contributed by atoms with Gasteiger partial charge in [-0.15, -0.1) is 0 Å². The van der Waals surface area contributed by atoms with Gasteiger partial charge >= 0.3 is 0 Å². The molecule has 3 aromatic carbocycles. The van der Waals surface area contributed by atoms with Crippen LogP contribution in [0.25, 0.3) is 11.6 Å². The van der Waals surface area contributed by atoms with Crippen molar-refractivity contribution in [3.63, 3.8) is 0 Å². The Morgan fingerprint density at radius 1 is 0.778 bits per heavy atom. The van der Waals surface area contributed by atoms with Gasteiger partial charge in [-0.25, -0.2) is 0 Å². The van der Waals surface area contributed by atoms with E-state index in [0.717, 1.165) is 25.7 Å². The molecule has 2 aliphatic rings. The molecular weight excluding hydrogens is 324 g/mol. The van der Waals surface area contributed by atoms with Crippen molar-refractivity contribution in [3.8, 4) is 0 Å². The Labute approximate surface area is 161 Å². The van der Waals surface area contributed by atoms with Crippen molar-refractivity contribution in [2.75, 3.05) is 0 Å². The molecule has 5 rings (SSSR count). The predicted octanol–water partition coefficient (Wildman–Crippen LogP) is 6.34. The van der Waals surface area contributed by atoms with Crippen LogP contribution in [-0.2, 0) is 25.7 Å². The van der Waals surface area contributed by atoms with E-state index in [1.807, 2.05) is 0 Å². The molecule has 0 aromatic heterocycles. The minimum Gasteiger partial charge on any atom is -0.0795 e. The molecule has 0 amide bonds. The van der Waals surface area contributed by atoms with Gasteiger partial charge in [0.05, 0.1) is 0 Å². The van der Waals surface area contributed by atoms with Gasteiger partial charge in [0.1, 0.15) is 0 Å². The molecule has 0 heteroatoms.